The second kappa shape index (κ2) is 9.68. The van der Waals surface area contributed by atoms with Crippen molar-refractivity contribution in [2.24, 2.45) is 11.8 Å². The normalized spacial score (nSPS) is 22.7. The van der Waals surface area contributed by atoms with Gasteiger partial charge in [-0.1, -0.05) is 19.4 Å². The number of hydrogen-bond donors (Lipinski definition) is 1. The van der Waals surface area contributed by atoms with Crippen LogP contribution in [0.3, 0.4) is 0 Å². The number of halogens is 3. The Morgan fingerprint density at radius 1 is 1.13 bits per heavy atom. The van der Waals surface area contributed by atoms with E-state index < -0.39 is 17.8 Å². The molecule has 166 valence electrons. The van der Waals surface area contributed by atoms with E-state index in [-0.39, 0.29) is 23.4 Å². The van der Waals surface area contributed by atoms with Gasteiger partial charge in [0.25, 0.3) is 0 Å². The van der Waals surface area contributed by atoms with E-state index in [1.165, 1.54) is 12.1 Å². The average Bonchev–Trinajstić information content (AvgIpc) is 2.74. The fraction of sp³-hybridized carbons (Fsp3) is 0.619. The number of morpholine rings is 1. The number of likely N-dealkylation sites (tertiary alicyclic amines) is 1. The summed E-state index contributed by atoms with van der Waals surface area (Å²) in [6, 6.07) is 4.21. The van der Waals surface area contributed by atoms with Gasteiger partial charge in [-0.2, -0.15) is 13.2 Å². The predicted molar refractivity (Wildman–Crippen MR) is 106 cm³/mol. The van der Waals surface area contributed by atoms with Gasteiger partial charge in [-0.05, 0) is 36.5 Å². The predicted octanol–water partition coefficient (Wildman–Crippen LogP) is 3.83. The Labute approximate surface area is 174 Å². The van der Waals surface area contributed by atoms with E-state index in [1.807, 2.05) is 11.8 Å². The zero-order chi connectivity index (χ0) is 21.7. The molecule has 0 aliphatic carbocycles. The number of piperidine rings is 1. The maximum atomic E-state index is 12.9. The molecule has 2 fully saturated rings. The van der Waals surface area contributed by atoms with Crippen molar-refractivity contribution in [3.8, 4) is 0 Å². The lowest BCUT2D eigenvalue weighted by Crippen LogP contribution is -2.47. The number of rotatable bonds is 4. The number of hydrogen-bond acceptors (Lipinski definition) is 3. The Bertz CT molecular complexity index is 751. The quantitative estimate of drug-likeness (QED) is 0.794. The first kappa shape index (κ1) is 22.4. The molecule has 0 radical (unpaired) electrons. The monoisotopic (exact) mass is 427 g/mol. The van der Waals surface area contributed by atoms with Gasteiger partial charge in [-0.3, -0.25) is 4.79 Å². The molecule has 0 aromatic heterocycles. The zero-order valence-electron chi connectivity index (χ0n) is 17.1. The SMILES string of the molecule is CC[C@H]1CN(C(=O)Nc2cccc(C(F)(F)F)c2)CC[C@H]1CC(=O)N1CCOCC1. The lowest BCUT2D eigenvalue weighted by Gasteiger charge is -2.39. The standard InChI is InChI=1S/C21H28F3N3O3/c1-2-15-14-27(7-6-16(15)12-19(28)26-8-10-30-11-9-26)20(29)25-18-5-3-4-17(13-18)21(22,23)24/h3-5,13,15-16H,2,6-12,14H2,1H3,(H,25,29)/t15-,16-/m0/s1. The summed E-state index contributed by atoms with van der Waals surface area (Å²) in [6.07, 6.45) is -2.47. The summed E-state index contributed by atoms with van der Waals surface area (Å²) in [5, 5.41) is 2.57. The summed E-state index contributed by atoms with van der Waals surface area (Å²) < 4.78 is 43.9. The van der Waals surface area contributed by atoms with E-state index >= 15 is 0 Å². The van der Waals surface area contributed by atoms with Gasteiger partial charge >= 0.3 is 12.2 Å². The molecule has 30 heavy (non-hydrogen) atoms. The van der Waals surface area contributed by atoms with Crippen LogP contribution < -0.4 is 5.32 Å². The number of nitrogens with zero attached hydrogens (tertiary/aromatic N) is 2. The maximum Gasteiger partial charge on any atom is 0.416 e. The number of carbonyl (C=O) groups excluding carboxylic acids is 2. The number of anilines is 1. The molecule has 6 nitrogen and oxygen atoms in total. The van der Waals surface area contributed by atoms with Crippen molar-refractivity contribution >= 4 is 17.6 Å². The van der Waals surface area contributed by atoms with Crippen molar-refractivity contribution in [3.63, 3.8) is 0 Å². The molecule has 1 N–H and O–H groups in total. The molecular formula is C21H28F3N3O3. The smallest absolute Gasteiger partial charge is 0.378 e. The largest absolute Gasteiger partial charge is 0.416 e. The molecule has 2 atom stereocenters. The first-order valence-corrected chi connectivity index (χ1v) is 10.4. The number of amides is 3. The molecule has 2 aliphatic heterocycles. The van der Waals surface area contributed by atoms with E-state index in [2.05, 4.69) is 5.32 Å². The molecule has 0 unspecified atom stereocenters. The first-order chi connectivity index (χ1) is 14.3. The molecule has 1 aromatic carbocycles. The van der Waals surface area contributed by atoms with Crippen molar-refractivity contribution in [2.75, 3.05) is 44.7 Å². The van der Waals surface area contributed by atoms with E-state index in [0.717, 1.165) is 18.6 Å². The van der Waals surface area contributed by atoms with Crippen LogP contribution in [0.4, 0.5) is 23.7 Å². The molecule has 3 rings (SSSR count). The third-order valence-corrected chi connectivity index (χ3v) is 5.94. The minimum absolute atomic E-state index is 0.118. The Balaban J connectivity index is 1.56. The Morgan fingerprint density at radius 2 is 1.87 bits per heavy atom. The highest BCUT2D eigenvalue weighted by Gasteiger charge is 2.34. The van der Waals surface area contributed by atoms with Gasteiger partial charge in [-0.15, -0.1) is 0 Å². The van der Waals surface area contributed by atoms with Crippen LogP contribution in [0.2, 0.25) is 0 Å². The van der Waals surface area contributed by atoms with Gasteiger partial charge in [0.1, 0.15) is 0 Å². The van der Waals surface area contributed by atoms with Crippen LogP contribution in [-0.2, 0) is 15.7 Å². The van der Waals surface area contributed by atoms with E-state index in [1.54, 1.807) is 4.90 Å². The average molecular weight is 427 g/mol. The fourth-order valence-corrected chi connectivity index (χ4v) is 4.14. The van der Waals surface area contributed by atoms with Crippen LogP contribution in [0.5, 0.6) is 0 Å². The van der Waals surface area contributed by atoms with Gasteiger partial charge in [0, 0.05) is 38.3 Å². The lowest BCUT2D eigenvalue weighted by molar-refractivity contribution is -0.138. The van der Waals surface area contributed by atoms with Crippen molar-refractivity contribution in [1.29, 1.82) is 0 Å². The molecule has 1 aromatic rings. The highest BCUT2D eigenvalue weighted by atomic mass is 19.4. The molecule has 2 heterocycles. The van der Waals surface area contributed by atoms with E-state index in [9.17, 15) is 22.8 Å². The molecule has 0 spiro atoms. The summed E-state index contributed by atoms with van der Waals surface area (Å²) in [5.74, 6) is 0.502. The maximum absolute atomic E-state index is 12.9. The highest BCUT2D eigenvalue weighted by Crippen LogP contribution is 2.32. The zero-order valence-corrected chi connectivity index (χ0v) is 17.1. The van der Waals surface area contributed by atoms with Crippen LogP contribution in [0, 0.1) is 11.8 Å². The van der Waals surface area contributed by atoms with Gasteiger partial charge in [0.2, 0.25) is 5.91 Å². The molecule has 9 heteroatoms. The van der Waals surface area contributed by atoms with Crippen LogP contribution in [0.25, 0.3) is 0 Å². The van der Waals surface area contributed by atoms with Crippen molar-refractivity contribution < 1.29 is 27.5 Å². The lowest BCUT2D eigenvalue weighted by atomic mass is 9.81. The summed E-state index contributed by atoms with van der Waals surface area (Å²) >= 11 is 0. The number of alkyl halides is 3. The summed E-state index contributed by atoms with van der Waals surface area (Å²) in [4.78, 5) is 28.7. The number of urea groups is 1. The topological polar surface area (TPSA) is 61.9 Å². The van der Waals surface area contributed by atoms with Gasteiger partial charge < -0.3 is 19.9 Å². The molecule has 0 bridgehead atoms. The Hall–Kier alpha value is -2.29. The van der Waals surface area contributed by atoms with Crippen LogP contribution in [-0.4, -0.2) is 61.1 Å². The number of benzene rings is 1. The summed E-state index contributed by atoms with van der Waals surface area (Å²) in [5.41, 5.74) is -0.681. The minimum Gasteiger partial charge on any atom is -0.378 e. The van der Waals surface area contributed by atoms with Crippen molar-refractivity contribution in [1.82, 2.24) is 9.80 Å². The van der Waals surface area contributed by atoms with Crippen molar-refractivity contribution in [3.05, 3.63) is 29.8 Å². The molecule has 2 saturated heterocycles. The van der Waals surface area contributed by atoms with Crippen LogP contribution >= 0.6 is 0 Å². The second-order valence-electron chi connectivity index (χ2n) is 7.87. The van der Waals surface area contributed by atoms with Crippen LogP contribution in [0.1, 0.15) is 31.7 Å². The van der Waals surface area contributed by atoms with Crippen molar-refractivity contribution in [2.45, 2.75) is 32.4 Å². The molecule has 2 aliphatic rings. The fourth-order valence-electron chi connectivity index (χ4n) is 4.14. The van der Waals surface area contributed by atoms with E-state index in [0.29, 0.717) is 52.2 Å². The molecule has 0 saturated carbocycles. The third kappa shape index (κ3) is 5.65. The van der Waals surface area contributed by atoms with Gasteiger partial charge in [0.15, 0.2) is 0 Å². The number of ether oxygens (including phenoxy) is 1. The molecular weight excluding hydrogens is 399 g/mol. The molecule has 3 amide bonds. The van der Waals surface area contributed by atoms with Crippen LogP contribution in [0.15, 0.2) is 24.3 Å². The van der Waals surface area contributed by atoms with E-state index in [4.69, 9.17) is 4.74 Å². The Morgan fingerprint density at radius 3 is 2.53 bits per heavy atom. The number of nitrogens with one attached hydrogen (secondary N) is 1. The summed E-state index contributed by atoms with van der Waals surface area (Å²) in [7, 11) is 0. The third-order valence-electron chi connectivity index (χ3n) is 5.94. The first-order valence-electron chi connectivity index (χ1n) is 10.4. The van der Waals surface area contributed by atoms with Gasteiger partial charge in [0.05, 0.1) is 18.8 Å². The second-order valence-corrected chi connectivity index (χ2v) is 7.87. The summed E-state index contributed by atoms with van der Waals surface area (Å²) in [6.45, 7) is 5.37. The minimum atomic E-state index is -4.46. The Kier molecular flexibility index (Phi) is 7.23. The highest BCUT2D eigenvalue weighted by molar-refractivity contribution is 5.89. The number of carbonyl (C=O) groups is 2. The van der Waals surface area contributed by atoms with Gasteiger partial charge in [-0.25, -0.2) is 4.79 Å².